The largest absolute Gasteiger partial charge is 0.494 e. The number of aryl methyl sites for hydroxylation is 1. The molecule has 0 radical (unpaired) electrons. The van der Waals surface area contributed by atoms with Crippen LogP contribution < -0.4 is 5.32 Å². The van der Waals surface area contributed by atoms with Crippen molar-refractivity contribution in [3.63, 3.8) is 0 Å². The number of allylic oxidation sites excluding steroid dienone is 5. The molecular weight excluding hydrogens is 371 g/mol. The maximum Gasteiger partial charge on any atom is 0.494 e. The summed E-state index contributed by atoms with van der Waals surface area (Å²) in [5, 5.41) is 12.2. The van der Waals surface area contributed by atoms with E-state index in [1.165, 1.54) is 5.56 Å². The zero-order valence-corrected chi connectivity index (χ0v) is 19.4. The third-order valence-electron chi connectivity index (χ3n) is 5.39. The van der Waals surface area contributed by atoms with Crippen molar-refractivity contribution in [2.24, 2.45) is 0 Å². The Morgan fingerprint density at radius 3 is 2.13 bits per heavy atom. The molecule has 0 bridgehead atoms. The van der Waals surface area contributed by atoms with Crippen molar-refractivity contribution >= 4 is 7.12 Å². The van der Waals surface area contributed by atoms with Gasteiger partial charge in [0.25, 0.3) is 0 Å². The second-order valence-corrected chi connectivity index (χ2v) is 8.23. The van der Waals surface area contributed by atoms with E-state index in [4.69, 9.17) is 14.6 Å². The highest BCUT2D eigenvalue weighted by Gasteiger charge is 2.51. The second-order valence-electron chi connectivity index (χ2n) is 8.23. The van der Waals surface area contributed by atoms with E-state index in [1.807, 2.05) is 78.0 Å². The fourth-order valence-corrected chi connectivity index (χ4v) is 2.50. The number of nitriles is 1. The summed E-state index contributed by atoms with van der Waals surface area (Å²) in [6.45, 7) is 17.8. The number of nitrogens with zero attached hydrogens (tertiary/aromatic N) is 1. The van der Waals surface area contributed by atoms with Gasteiger partial charge in [0, 0.05) is 0 Å². The molecule has 160 valence electrons. The molecule has 2 rings (SSSR count). The molecule has 30 heavy (non-hydrogen) atoms. The molecule has 1 aliphatic heterocycles. The summed E-state index contributed by atoms with van der Waals surface area (Å²) in [5.74, 6) is 0. The van der Waals surface area contributed by atoms with Crippen LogP contribution in [0.4, 0.5) is 0 Å². The van der Waals surface area contributed by atoms with Crippen LogP contribution in [0.1, 0.15) is 47.1 Å². The van der Waals surface area contributed by atoms with Crippen LogP contribution in [0.3, 0.4) is 0 Å². The molecule has 1 heterocycles. The molecule has 0 aromatic heterocycles. The Morgan fingerprint density at radius 2 is 1.73 bits per heavy atom. The first kappa shape index (κ1) is 25.5. The first-order valence-corrected chi connectivity index (χ1v) is 10.2. The fraction of sp³-hybridized carbons (Fsp3) is 0.400. The van der Waals surface area contributed by atoms with Gasteiger partial charge in [-0.25, -0.2) is 0 Å². The van der Waals surface area contributed by atoms with Crippen molar-refractivity contribution in [2.45, 2.75) is 65.7 Å². The highest BCUT2D eigenvalue weighted by molar-refractivity contribution is 6.55. The number of benzene rings is 1. The molecule has 1 fully saturated rings. The van der Waals surface area contributed by atoms with E-state index in [2.05, 4.69) is 37.0 Å². The molecule has 1 N–H and O–H groups in total. The summed E-state index contributed by atoms with van der Waals surface area (Å²) in [7, 11) is -0.439. The summed E-state index contributed by atoms with van der Waals surface area (Å²) in [6.07, 6.45) is 9.10. The summed E-state index contributed by atoms with van der Waals surface area (Å²) in [4.78, 5) is 0. The molecule has 1 atom stereocenters. The maximum absolute atomic E-state index is 9.11. The topological polar surface area (TPSA) is 54.3 Å². The number of hydrogen-bond acceptors (Lipinski definition) is 4. The predicted molar refractivity (Wildman–Crippen MR) is 127 cm³/mol. The fourth-order valence-electron chi connectivity index (χ4n) is 2.50. The second kappa shape index (κ2) is 11.6. The van der Waals surface area contributed by atoms with Crippen molar-refractivity contribution in [3.05, 3.63) is 84.0 Å². The van der Waals surface area contributed by atoms with E-state index in [9.17, 15) is 0 Å². The van der Waals surface area contributed by atoms with Crippen LogP contribution in [-0.4, -0.2) is 24.4 Å². The molecule has 0 amide bonds. The third kappa shape index (κ3) is 7.37. The summed E-state index contributed by atoms with van der Waals surface area (Å²) >= 11 is 0. The average Bonchev–Trinajstić information content (AvgIpc) is 2.92. The van der Waals surface area contributed by atoms with Crippen LogP contribution in [0, 0.1) is 18.3 Å². The Bertz CT molecular complexity index is 801. The Balaban J connectivity index is 0.000000539. The molecule has 0 saturated carbocycles. The molecule has 4 nitrogen and oxygen atoms in total. The average molecular weight is 406 g/mol. The standard InChI is InChI=1S/C18H27BN2O2.C7H8/c1-8-14(3)16(13-20)21-12-10-11-15(9-2)19-22-17(4,5)18(6,7)23-19;1-7-5-3-2-4-6-7/h8-12,16,21H,2H2,1,3-7H3;2-6H,1H3/b12-10+,14-8+,15-11+;. The van der Waals surface area contributed by atoms with Gasteiger partial charge in [-0.3, -0.25) is 0 Å². The summed E-state index contributed by atoms with van der Waals surface area (Å²) < 4.78 is 12.0. The molecule has 1 saturated heterocycles. The zero-order chi connectivity index (χ0) is 22.8. The Labute approximate surface area is 183 Å². The lowest BCUT2D eigenvalue weighted by Gasteiger charge is -2.32. The van der Waals surface area contributed by atoms with E-state index in [1.54, 1.807) is 12.3 Å². The minimum Gasteiger partial charge on any atom is -0.399 e. The summed E-state index contributed by atoms with van der Waals surface area (Å²) in [6, 6.07) is 12.1. The lowest BCUT2D eigenvalue weighted by Crippen LogP contribution is -2.41. The van der Waals surface area contributed by atoms with Crippen LogP contribution >= 0.6 is 0 Å². The lowest BCUT2D eigenvalue weighted by molar-refractivity contribution is 0.00578. The Hall–Kier alpha value is -2.55. The Morgan fingerprint density at radius 1 is 1.17 bits per heavy atom. The normalized spacial score (nSPS) is 18.9. The van der Waals surface area contributed by atoms with Crippen molar-refractivity contribution in [1.29, 1.82) is 5.26 Å². The monoisotopic (exact) mass is 406 g/mol. The first-order chi connectivity index (χ1) is 14.1. The predicted octanol–water partition coefficient (Wildman–Crippen LogP) is 5.69. The SMILES string of the molecule is C=C/C(=C\C=C\NC(C#N)/C(C)=C/C)B1OC(C)(C)C(C)(C)O1.Cc1ccccc1. The summed E-state index contributed by atoms with van der Waals surface area (Å²) in [5.41, 5.74) is 2.39. The molecule has 1 aromatic rings. The van der Waals surface area contributed by atoms with Gasteiger partial charge in [0.1, 0.15) is 6.04 Å². The minimum absolute atomic E-state index is 0.325. The quantitative estimate of drug-likeness (QED) is 0.375. The maximum atomic E-state index is 9.11. The van der Waals surface area contributed by atoms with Gasteiger partial charge in [0.15, 0.2) is 0 Å². The smallest absolute Gasteiger partial charge is 0.399 e. The van der Waals surface area contributed by atoms with E-state index < -0.39 is 7.12 Å². The molecular formula is C25H35BN2O2. The van der Waals surface area contributed by atoms with Gasteiger partial charge in [0.2, 0.25) is 0 Å². The highest BCUT2D eigenvalue weighted by Crippen LogP contribution is 2.38. The molecule has 1 unspecified atom stereocenters. The number of nitrogens with one attached hydrogen (secondary N) is 1. The van der Waals surface area contributed by atoms with E-state index >= 15 is 0 Å². The van der Waals surface area contributed by atoms with Crippen LogP contribution in [0.15, 0.2) is 78.5 Å². The van der Waals surface area contributed by atoms with Crippen LogP contribution in [0.25, 0.3) is 0 Å². The zero-order valence-electron chi connectivity index (χ0n) is 19.4. The van der Waals surface area contributed by atoms with Crippen molar-refractivity contribution in [1.82, 2.24) is 5.32 Å². The minimum atomic E-state index is -0.439. The van der Waals surface area contributed by atoms with Gasteiger partial charge in [-0.1, -0.05) is 60.7 Å². The van der Waals surface area contributed by atoms with Gasteiger partial charge in [-0.15, -0.1) is 0 Å². The first-order valence-electron chi connectivity index (χ1n) is 10.2. The van der Waals surface area contributed by atoms with Crippen molar-refractivity contribution in [2.75, 3.05) is 0 Å². The van der Waals surface area contributed by atoms with Crippen molar-refractivity contribution < 1.29 is 9.31 Å². The number of hydrogen-bond donors (Lipinski definition) is 1. The van der Waals surface area contributed by atoms with Gasteiger partial charge in [-0.2, -0.15) is 5.26 Å². The van der Waals surface area contributed by atoms with Gasteiger partial charge in [0.05, 0.1) is 17.3 Å². The van der Waals surface area contributed by atoms with E-state index in [-0.39, 0.29) is 17.2 Å². The lowest BCUT2D eigenvalue weighted by atomic mass is 9.78. The third-order valence-corrected chi connectivity index (χ3v) is 5.39. The van der Waals surface area contributed by atoms with Crippen molar-refractivity contribution in [3.8, 4) is 6.07 Å². The van der Waals surface area contributed by atoms with Gasteiger partial charge in [-0.05, 0) is 71.8 Å². The molecule has 5 heteroatoms. The molecule has 1 aliphatic rings. The van der Waals surface area contributed by atoms with Crippen LogP contribution in [-0.2, 0) is 9.31 Å². The van der Waals surface area contributed by atoms with E-state index in [0.717, 1.165) is 11.0 Å². The van der Waals surface area contributed by atoms with Crippen LogP contribution in [0.2, 0.25) is 0 Å². The van der Waals surface area contributed by atoms with E-state index in [0.29, 0.717) is 0 Å². The Kier molecular flexibility index (Phi) is 9.85. The number of rotatable bonds is 6. The van der Waals surface area contributed by atoms with Crippen LogP contribution in [0.5, 0.6) is 0 Å². The highest BCUT2D eigenvalue weighted by atomic mass is 16.7. The molecule has 0 aliphatic carbocycles. The molecule has 1 aromatic carbocycles. The van der Waals surface area contributed by atoms with Gasteiger partial charge < -0.3 is 14.6 Å². The van der Waals surface area contributed by atoms with Gasteiger partial charge >= 0.3 is 7.12 Å². The molecule has 0 spiro atoms.